The maximum Gasteiger partial charge on any atom is 0.252 e. The van der Waals surface area contributed by atoms with Crippen LogP contribution < -0.4 is 31.1 Å². The van der Waals surface area contributed by atoms with E-state index < -0.39 is 0 Å². The molecule has 0 aliphatic carbocycles. The summed E-state index contributed by atoms with van der Waals surface area (Å²) in [5, 5.41) is 4.94. The van der Waals surface area contributed by atoms with Gasteiger partial charge in [-0.1, -0.05) is 277 Å². The van der Waals surface area contributed by atoms with Gasteiger partial charge in [-0.05, 0) is 180 Å². The Balaban J connectivity index is 1.04. The van der Waals surface area contributed by atoms with Crippen LogP contribution in [0.3, 0.4) is 0 Å². The second-order valence-corrected chi connectivity index (χ2v) is 31.9. The van der Waals surface area contributed by atoms with Gasteiger partial charge in [0.25, 0.3) is 6.71 Å². The van der Waals surface area contributed by atoms with Crippen molar-refractivity contribution in [3.05, 3.63) is 313 Å². The van der Waals surface area contributed by atoms with E-state index in [0.29, 0.717) is 0 Å². The lowest BCUT2D eigenvalue weighted by Crippen LogP contribution is -2.61. The first-order valence-electron chi connectivity index (χ1n) is 35.6. The fourth-order valence-corrected chi connectivity index (χ4v) is 16.0. The molecule has 0 N–H and O–H groups in total. The molecule has 2 aromatic heterocycles. The number of hydrogen-bond acceptors (Lipinski definition) is 3. The van der Waals surface area contributed by atoms with Gasteiger partial charge in [0.1, 0.15) is 0 Å². The average Bonchev–Trinajstić information content (AvgIpc) is 0.820. The number of nitrogens with zero attached hydrogens (tertiary/aromatic N) is 5. The van der Waals surface area contributed by atoms with Crippen LogP contribution in [0.25, 0.3) is 77.2 Å². The Bertz CT molecular complexity index is 5220. The lowest BCUT2D eigenvalue weighted by atomic mass is 9.33. The molecule has 0 atom stereocenters. The van der Waals surface area contributed by atoms with Crippen molar-refractivity contribution < 1.29 is 0 Å². The summed E-state index contributed by atoms with van der Waals surface area (Å²) in [6, 6.07) is 111. The Labute approximate surface area is 589 Å². The van der Waals surface area contributed by atoms with Gasteiger partial charge < -0.3 is 23.8 Å². The number of aromatic nitrogens is 2. The zero-order valence-corrected chi connectivity index (χ0v) is 59.5. The van der Waals surface area contributed by atoms with Crippen LogP contribution in [0.4, 0.5) is 51.2 Å². The van der Waals surface area contributed by atoms with Gasteiger partial charge in [-0.2, -0.15) is 0 Å². The van der Waals surface area contributed by atoms with Gasteiger partial charge in [0.2, 0.25) is 0 Å². The fourth-order valence-electron chi connectivity index (χ4n) is 16.0. The molecule has 0 radical (unpaired) electrons. The highest BCUT2D eigenvalue weighted by molar-refractivity contribution is 7.00. The fraction of sp³-hybridized carbons (Fsp3) is 0.170. The monoisotopic (exact) mass is 1290 g/mol. The zero-order chi connectivity index (χ0) is 68.7. The van der Waals surface area contributed by atoms with Crippen molar-refractivity contribution in [1.29, 1.82) is 0 Å². The van der Waals surface area contributed by atoms with Crippen LogP contribution in [0.15, 0.2) is 291 Å². The number of hydrogen-bond donors (Lipinski definition) is 0. The average molecular weight is 1290 g/mol. The van der Waals surface area contributed by atoms with Crippen LogP contribution in [0.5, 0.6) is 0 Å². The maximum absolute atomic E-state index is 2.65. The van der Waals surface area contributed by atoms with E-state index in [0.717, 1.165) is 62.6 Å². The molecule has 488 valence electrons. The SMILES string of the molecule is CC(C)(C)c1ccc2c3ccc(C(C)(C)C)cc3n(-c3ccccc3N3c4ccc(-c5ccccc5)cc4B4c5cc(-c6ccccc6)ccc5N(c5ccccc5-n5c6cc(C(C)(C)C)ccc6c6ccc(C(C)(C)C)cc65)c5cc(N(c6ccccc6)c6ccccc6)cc3c54)c2c1. The van der Waals surface area contributed by atoms with Crippen LogP contribution >= 0.6 is 0 Å². The van der Waals surface area contributed by atoms with Gasteiger partial charge >= 0.3 is 0 Å². The van der Waals surface area contributed by atoms with E-state index >= 15 is 0 Å². The van der Waals surface area contributed by atoms with Crippen molar-refractivity contribution >= 4 is 118 Å². The third-order valence-corrected chi connectivity index (χ3v) is 21.3. The number of fused-ring (bicyclic) bond motifs is 10. The van der Waals surface area contributed by atoms with Gasteiger partial charge in [-0.25, -0.2) is 0 Å². The van der Waals surface area contributed by atoms with E-state index in [9.17, 15) is 0 Å². The van der Waals surface area contributed by atoms with Crippen molar-refractivity contribution in [3.8, 4) is 33.6 Å². The Morgan fingerprint density at radius 2 is 0.540 bits per heavy atom. The molecule has 0 fully saturated rings. The molecule has 4 heterocycles. The zero-order valence-electron chi connectivity index (χ0n) is 59.5. The number of rotatable bonds is 9. The van der Waals surface area contributed by atoms with Crippen LogP contribution in [0.2, 0.25) is 0 Å². The highest BCUT2D eigenvalue weighted by Crippen LogP contribution is 2.53. The topological polar surface area (TPSA) is 19.6 Å². The van der Waals surface area contributed by atoms with E-state index in [1.54, 1.807) is 0 Å². The molecule has 2 aliphatic rings. The molecule has 2 aliphatic heterocycles. The predicted molar refractivity (Wildman–Crippen MR) is 429 cm³/mol. The summed E-state index contributed by atoms with van der Waals surface area (Å²) in [5.74, 6) is 0. The number of para-hydroxylation sites is 6. The lowest BCUT2D eigenvalue weighted by molar-refractivity contribution is 0.590. The Hall–Kier alpha value is -11.1. The summed E-state index contributed by atoms with van der Waals surface area (Å²) in [6.45, 7) is 27.8. The largest absolute Gasteiger partial charge is 0.310 e. The molecule has 5 nitrogen and oxygen atoms in total. The number of anilines is 9. The summed E-state index contributed by atoms with van der Waals surface area (Å²) in [4.78, 5) is 7.76. The van der Waals surface area contributed by atoms with E-state index in [1.165, 1.54) is 105 Å². The number of benzene rings is 13. The molecule has 100 heavy (non-hydrogen) atoms. The Morgan fingerprint density at radius 1 is 0.240 bits per heavy atom. The molecule has 0 bridgehead atoms. The van der Waals surface area contributed by atoms with Gasteiger partial charge in [-0.15, -0.1) is 0 Å². The standard InChI is InChI=1S/C94H84BN5/c1-91(2,3)65-43-47-72-73-48-44-66(92(4,5)6)56-85(73)99(84(72)55-65)82-39-27-25-37-80(82)97-78-51-41-63(61-29-17-13-18-30-61)53-76(78)95-77-54-64(62-31-19-14-20-32-62)42-52-79(77)98(89-60-71(59-88(97)90(89)95)96(69-33-21-15-22-34-69)70-35-23-16-24-36-70)81-38-26-28-40-83(81)100-86-57-67(93(7,8)9)45-49-74(86)75-50-46-68(58-87(75)100)94(10,11)12/h13-60H,1-12H3. The molecule has 6 heteroatoms. The molecule has 0 unspecified atom stereocenters. The van der Waals surface area contributed by atoms with Crippen LogP contribution in [0.1, 0.15) is 105 Å². The third-order valence-electron chi connectivity index (χ3n) is 21.3. The summed E-state index contributed by atoms with van der Waals surface area (Å²) < 4.78 is 5.19. The summed E-state index contributed by atoms with van der Waals surface area (Å²) >= 11 is 0. The molecule has 13 aromatic carbocycles. The molecule has 0 saturated carbocycles. The summed E-state index contributed by atoms with van der Waals surface area (Å²) in [5.41, 5.74) is 29.9. The van der Waals surface area contributed by atoms with Crippen molar-refractivity contribution in [2.45, 2.75) is 105 Å². The Morgan fingerprint density at radius 3 is 0.860 bits per heavy atom. The second kappa shape index (κ2) is 23.3. The van der Waals surface area contributed by atoms with Crippen LogP contribution in [-0.4, -0.2) is 15.8 Å². The molecular formula is C94H84BN5. The van der Waals surface area contributed by atoms with Crippen molar-refractivity contribution in [3.63, 3.8) is 0 Å². The molecule has 17 rings (SSSR count). The quantitative estimate of drug-likeness (QED) is 0.134. The lowest BCUT2D eigenvalue weighted by Gasteiger charge is -2.45. The molecule has 15 aromatic rings. The van der Waals surface area contributed by atoms with E-state index in [2.05, 4.69) is 398 Å². The smallest absolute Gasteiger partial charge is 0.252 e. The predicted octanol–water partition coefficient (Wildman–Crippen LogP) is 24.0. The third kappa shape index (κ3) is 10.4. The van der Waals surface area contributed by atoms with Gasteiger partial charge in [-0.3, -0.25) is 0 Å². The minimum atomic E-state index is -0.237. The Kier molecular flexibility index (Phi) is 14.5. The van der Waals surface area contributed by atoms with E-state index in [1.807, 2.05) is 0 Å². The van der Waals surface area contributed by atoms with Crippen molar-refractivity contribution in [2.24, 2.45) is 0 Å². The van der Waals surface area contributed by atoms with Crippen LogP contribution in [0, 0.1) is 0 Å². The molecule has 0 spiro atoms. The van der Waals surface area contributed by atoms with Crippen molar-refractivity contribution in [2.75, 3.05) is 14.7 Å². The normalized spacial score (nSPS) is 13.1. The minimum absolute atomic E-state index is 0.0980. The van der Waals surface area contributed by atoms with E-state index in [-0.39, 0.29) is 28.4 Å². The van der Waals surface area contributed by atoms with Gasteiger partial charge in [0.15, 0.2) is 0 Å². The first kappa shape index (κ1) is 62.4. The maximum atomic E-state index is 2.65. The highest BCUT2D eigenvalue weighted by Gasteiger charge is 2.46. The van der Waals surface area contributed by atoms with Gasteiger partial charge in [0, 0.05) is 55.7 Å². The van der Waals surface area contributed by atoms with E-state index in [4.69, 9.17) is 0 Å². The summed E-state index contributed by atoms with van der Waals surface area (Å²) in [7, 11) is 0. The van der Waals surface area contributed by atoms with Crippen LogP contribution in [-0.2, 0) is 21.7 Å². The minimum Gasteiger partial charge on any atom is -0.310 e. The first-order valence-corrected chi connectivity index (χ1v) is 35.6. The summed E-state index contributed by atoms with van der Waals surface area (Å²) in [6.07, 6.45) is 0. The van der Waals surface area contributed by atoms with Gasteiger partial charge in [0.05, 0.1) is 50.5 Å². The second-order valence-electron chi connectivity index (χ2n) is 31.9. The molecular weight excluding hydrogens is 1210 g/mol. The highest BCUT2D eigenvalue weighted by atomic mass is 15.2. The first-order chi connectivity index (χ1) is 48.2. The molecule has 0 saturated heterocycles. The molecule has 0 amide bonds. The van der Waals surface area contributed by atoms with Crippen molar-refractivity contribution in [1.82, 2.24) is 9.13 Å².